The Kier molecular flexibility index (Phi) is 7.39. The first-order chi connectivity index (χ1) is 18.3. The maximum Gasteiger partial charge on any atom is 0.241 e. The Balaban J connectivity index is 1.34. The zero-order valence-corrected chi connectivity index (χ0v) is 22.2. The Labute approximate surface area is 221 Å². The maximum absolute atomic E-state index is 13.7. The van der Waals surface area contributed by atoms with Crippen molar-refractivity contribution in [3.05, 3.63) is 90.4 Å². The summed E-state index contributed by atoms with van der Waals surface area (Å²) in [5.41, 5.74) is 3.45. The van der Waals surface area contributed by atoms with Crippen LogP contribution in [0.3, 0.4) is 0 Å². The van der Waals surface area contributed by atoms with Crippen LogP contribution in [0, 0.1) is 5.92 Å². The van der Waals surface area contributed by atoms with E-state index in [-0.39, 0.29) is 37.2 Å². The highest BCUT2D eigenvalue weighted by Gasteiger charge is 2.42. The van der Waals surface area contributed by atoms with Crippen LogP contribution < -0.4 is 0 Å². The lowest BCUT2D eigenvalue weighted by atomic mass is 10.0. The lowest BCUT2D eigenvalue weighted by Crippen LogP contribution is -2.49. The average molecular weight is 535 g/mol. The van der Waals surface area contributed by atoms with Crippen LogP contribution >= 0.6 is 0 Å². The molecule has 1 fully saturated rings. The minimum Gasteiger partial charge on any atom is -0.467 e. The number of aromatic nitrogens is 4. The van der Waals surface area contributed by atoms with Gasteiger partial charge in [-0.2, -0.15) is 4.31 Å². The summed E-state index contributed by atoms with van der Waals surface area (Å²) < 4.78 is 35.2. The fourth-order valence-corrected chi connectivity index (χ4v) is 6.39. The molecule has 3 aromatic heterocycles. The molecule has 1 atom stereocenters. The minimum atomic E-state index is -3.69. The van der Waals surface area contributed by atoms with Gasteiger partial charge < -0.3 is 9.32 Å². The molecule has 4 aromatic rings. The number of pyridine rings is 1. The van der Waals surface area contributed by atoms with Gasteiger partial charge in [0.1, 0.15) is 24.0 Å². The molecule has 38 heavy (non-hydrogen) atoms. The van der Waals surface area contributed by atoms with Gasteiger partial charge in [-0.15, -0.1) is 5.10 Å². The highest BCUT2D eigenvalue weighted by Crippen LogP contribution is 2.26. The molecule has 1 aromatic carbocycles. The SMILES string of the molecule is CC(C)C1C(=O)N(Cc2cn(Cc3ccco3)nn2)CCS(=O)(=O)N1Cc1ccc(-c2ccncc2)cc1. The number of hydrogen-bond acceptors (Lipinski definition) is 7. The van der Waals surface area contributed by atoms with Crippen LogP contribution in [0.25, 0.3) is 11.1 Å². The molecule has 1 unspecified atom stereocenters. The molecule has 0 radical (unpaired) electrons. The Bertz CT molecular complexity index is 1470. The van der Waals surface area contributed by atoms with Crippen molar-refractivity contribution in [1.29, 1.82) is 0 Å². The van der Waals surface area contributed by atoms with Crippen LogP contribution in [-0.2, 0) is 34.5 Å². The van der Waals surface area contributed by atoms with Gasteiger partial charge in [0, 0.05) is 25.5 Å². The van der Waals surface area contributed by atoms with E-state index < -0.39 is 16.1 Å². The molecule has 0 saturated carbocycles. The first-order valence-electron chi connectivity index (χ1n) is 12.5. The number of carbonyl (C=O) groups is 1. The number of carbonyl (C=O) groups excluding carboxylic acids is 1. The number of nitrogens with zero attached hydrogens (tertiary/aromatic N) is 6. The summed E-state index contributed by atoms with van der Waals surface area (Å²) >= 11 is 0. The van der Waals surface area contributed by atoms with Gasteiger partial charge in [0.2, 0.25) is 15.9 Å². The van der Waals surface area contributed by atoms with Gasteiger partial charge in [-0.25, -0.2) is 13.1 Å². The van der Waals surface area contributed by atoms with Gasteiger partial charge in [0.15, 0.2) is 0 Å². The first kappa shape index (κ1) is 25.8. The van der Waals surface area contributed by atoms with E-state index >= 15 is 0 Å². The number of hydrogen-bond donors (Lipinski definition) is 0. The Morgan fingerprint density at radius 1 is 1.00 bits per heavy atom. The predicted molar refractivity (Wildman–Crippen MR) is 141 cm³/mol. The molecule has 1 saturated heterocycles. The lowest BCUT2D eigenvalue weighted by Gasteiger charge is -2.32. The molecule has 4 heterocycles. The molecular weight excluding hydrogens is 504 g/mol. The molecule has 0 N–H and O–H groups in total. The van der Waals surface area contributed by atoms with Crippen molar-refractivity contribution in [3.63, 3.8) is 0 Å². The van der Waals surface area contributed by atoms with Crippen LogP contribution in [0.5, 0.6) is 0 Å². The summed E-state index contributed by atoms with van der Waals surface area (Å²) in [5, 5.41) is 8.32. The third-order valence-electron chi connectivity index (χ3n) is 6.63. The third kappa shape index (κ3) is 5.68. The van der Waals surface area contributed by atoms with Crippen LogP contribution in [0.15, 0.2) is 77.8 Å². The molecule has 0 spiro atoms. The summed E-state index contributed by atoms with van der Waals surface area (Å²) in [5.74, 6) is 0.138. The van der Waals surface area contributed by atoms with Crippen LogP contribution in [0.2, 0.25) is 0 Å². The standard InChI is InChI=1S/C27H30N6O4S/c1-20(2)26-27(34)31(17-24-18-32(30-29-24)19-25-4-3-14-37-25)13-15-38(35,36)33(26)16-21-5-7-22(8-6-21)23-9-11-28-12-10-23/h3-12,14,18,20,26H,13,15-17,19H2,1-2H3. The highest BCUT2D eigenvalue weighted by molar-refractivity contribution is 7.89. The Morgan fingerprint density at radius 2 is 1.74 bits per heavy atom. The molecular formula is C27H30N6O4S. The van der Waals surface area contributed by atoms with Crippen molar-refractivity contribution in [3.8, 4) is 11.1 Å². The van der Waals surface area contributed by atoms with E-state index in [0.29, 0.717) is 12.2 Å². The first-order valence-corrected chi connectivity index (χ1v) is 14.1. The molecule has 1 aliphatic heterocycles. The lowest BCUT2D eigenvalue weighted by molar-refractivity contribution is -0.136. The topological polar surface area (TPSA) is 114 Å². The zero-order chi connectivity index (χ0) is 26.7. The fourth-order valence-electron chi connectivity index (χ4n) is 4.68. The average Bonchev–Trinajstić information content (AvgIpc) is 3.57. The molecule has 10 nitrogen and oxygen atoms in total. The van der Waals surface area contributed by atoms with E-state index in [9.17, 15) is 13.2 Å². The van der Waals surface area contributed by atoms with Gasteiger partial charge in [0.05, 0.1) is 24.8 Å². The quantitative estimate of drug-likeness (QED) is 0.341. The van der Waals surface area contributed by atoms with E-state index in [1.807, 2.05) is 56.3 Å². The van der Waals surface area contributed by atoms with Crippen LogP contribution in [0.4, 0.5) is 0 Å². The fraction of sp³-hybridized carbons (Fsp3) is 0.333. The number of rotatable bonds is 8. The molecule has 0 bridgehead atoms. The third-order valence-corrected chi connectivity index (χ3v) is 8.40. The largest absolute Gasteiger partial charge is 0.467 e. The van der Waals surface area contributed by atoms with Gasteiger partial charge >= 0.3 is 0 Å². The van der Waals surface area contributed by atoms with Crippen molar-refractivity contribution in [2.24, 2.45) is 5.92 Å². The van der Waals surface area contributed by atoms with E-state index in [1.54, 1.807) is 40.5 Å². The Hall–Kier alpha value is -3.83. The minimum absolute atomic E-state index is 0.0902. The van der Waals surface area contributed by atoms with Crippen molar-refractivity contribution < 1.29 is 17.6 Å². The van der Waals surface area contributed by atoms with E-state index in [0.717, 1.165) is 22.5 Å². The van der Waals surface area contributed by atoms with Crippen LogP contribution in [-0.4, -0.2) is 61.8 Å². The van der Waals surface area contributed by atoms with Crippen molar-refractivity contribution in [2.45, 2.75) is 39.5 Å². The summed E-state index contributed by atoms with van der Waals surface area (Å²) in [6.07, 6.45) is 6.81. The zero-order valence-electron chi connectivity index (χ0n) is 21.3. The smallest absolute Gasteiger partial charge is 0.241 e. The van der Waals surface area contributed by atoms with Gasteiger partial charge in [0.25, 0.3) is 0 Å². The molecule has 1 aliphatic rings. The Morgan fingerprint density at radius 3 is 2.42 bits per heavy atom. The predicted octanol–water partition coefficient (Wildman–Crippen LogP) is 3.18. The molecule has 11 heteroatoms. The number of furan rings is 1. The normalized spacial score (nSPS) is 18.1. The summed E-state index contributed by atoms with van der Waals surface area (Å²) in [6, 6.07) is 14.4. The van der Waals surface area contributed by atoms with Crippen molar-refractivity contribution >= 4 is 15.9 Å². The number of sulfonamides is 1. The van der Waals surface area contributed by atoms with Crippen molar-refractivity contribution in [1.82, 2.24) is 29.2 Å². The molecule has 1 amide bonds. The molecule has 198 valence electrons. The van der Waals surface area contributed by atoms with E-state index in [4.69, 9.17) is 4.42 Å². The second-order valence-corrected chi connectivity index (χ2v) is 11.8. The van der Waals surface area contributed by atoms with E-state index in [2.05, 4.69) is 15.3 Å². The maximum atomic E-state index is 13.7. The summed E-state index contributed by atoms with van der Waals surface area (Å²) in [6.45, 7) is 4.57. The van der Waals surface area contributed by atoms with Crippen molar-refractivity contribution in [2.75, 3.05) is 12.3 Å². The van der Waals surface area contributed by atoms with E-state index in [1.165, 1.54) is 4.31 Å². The molecule has 0 aliphatic carbocycles. The van der Waals surface area contributed by atoms with Gasteiger partial charge in [-0.3, -0.25) is 9.78 Å². The second kappa shape index (κ2) is 10.9. The summed E-state index contributed by atoms with van der Waals surface area (Å²) in [4.78, 5) is 19.4. The van der Waals surface area contributed by atoms with Crippen LogP contribution in [0.1, 0.15) is 30.9 Å². The number of benzene rings is 1. The van der Waals surface area contributed by atoms with Gasteiger partial charge in [-0.1, -0.05) is 43.3 Å². The monoisotopic (exact) mass is 534 g/mol. The highest BCUT2D eigenvalue weighted by atomic mass is 32.2. The molecule has 5 rings (SSSR count). The number of amides is 1. The second-order valence-electron chi connectivity index (χ2n) is 9.73. The summed E-state index contributed by atoms with van der Waals surface area (Å²) in [7, 11) is -3.69. The van der Waals surface area contributed by atoms with Gasteiger partial charge in [-0.05, 0) is 46.9 Å².